The minimum absolute atomic E-state index is 0.0375. The Balaban J connectivity index is 2.85. The Hall–Kier alpha value is -2.39. The number of amides is 2. The molecule has 1 heterocycles. The molecule has 0 saturated heterocycles. The molecule has 0 bridgehead atoms. The van der Waals surface area contributed by atoms with E-state index in [0.29, 0.717) is 12.8 Å². The Morgan fingerprint density at radius 3 is 2.00 bits per heavy atom. The van der Waals surface area contributed by atoms with E-state index in [9.17, 15) is 9.59 Å². The fourth-order valence-electron chi connectivity index (χ4n) is 1.90. The van der Waals surface area contributed by atoms with Crippen LogP contribution >= 0.6 is 0 Å². The molecule has 1 rings (SSSR count). The van der Waals surface area contributed by atoms with Gasteiger partial charge in [0, 0.05) is 19.0 Å². The van der Waals surface area contributed by atoms with Gasteiger partial charge in [0.05, 0.1) is 14.2 Å². The molecule has 26 heavy (non-hydrogen) atoms. The Labute approximate surface area is 153 Å². The van der Waals surface area contributed by atoms with Crippen LogP contribution in [0.2, 0.25) is 0 Å². The topological polar surface area (TPSA) is 90.4 Å². The summed E-state index contributed by atoms with van der Waals surface area (Å²) in [6.45, 7) is 3.96. The van der Waals surface area contributed by atoms with Crippen molar-refractivity contribution in [2.24, 2.45) is 0 Å². The van der Waals surface area contributed by atoms with Crippen molar-refractivity contribution < 1.29 is 28.9 Å². The average Bonchev–Trinajstić information content (AvgIpc) is 2.67. The van der Waals surface area contributed by atoms with Crippen molar-refractivity contribution >= 4 is 11.8 Å². The fourth-order valence-corrected chi connectivity index (χ4v) is 1.90. The van der Waals surface area contributed by atoms with Gasteiger partial charge in [-0.3, -0.25) is 9.59 Å². The lowest BCUT2D eigenvalue weighted by atomic mass is 10.2. The van der Waals surface area contributed by atoms with Crippen LogP contribution in [0.1, 0.15) is 52.4 Å². The van der Waals surface area contributed by atoms with Crippen molar-refractivity contribution in [3.63, 3.8) is 0 Å². The van der Waals surface area contributed by atoms with E-state index in [-0.39, 0.29) is 36.3 Å². The summed E-state index contributed by atoms with van der Waals surface area (Å²) < 4.78 is 0. The second-order valence-electron chi connectivity index (χ2n) is 5.36. The standard InChI is InChI=1S/C17H27N3O6/c1-5-7-11-15(21)19(23-3)25-14-10-9-13-18-17(14)26-20(24-4)16(22)12-8-6-2/h9-10,13H,5-8,11-12H2,1-4H3. The number of unbranched alkanes of at least 4 members (excludes halogenated alkanes) is 2. The normalized spacial score (nSPS) is 10.3. The van der Waals surface area contributed by atoms with Crippen LogP contribution in [0.5, 0.6) is 11.6 Å². The van der Waals surface area contributed by atoms with Crippen molar-refractivity contribution in [3.8, 4) is 11.6 Å². The lowest BCUT2D eigenvalue weighted by molar-refractivity contribution is -0.294. The van der Waals surface area contributed by atoms with Crippen molar-refractivity contribution in [1.82, 2.24) is 15.4 Å². The summed E-state index contributed by atoms with van der Waals surface area (Å²) in [7, 11) is 2.62. The summed E-state index contributed by atoms with van der Waals surface area (Å²) in [6.07, 6.45) is 5.16. The number of pyridine rings is 1. The number of nitrogens with zero attached hydrogens (tertiary/aromatic N) is 3. The molecule has 0 N–H and O–H groups in total. The Morgan fingerprint density at radius 2 is 1.50 bits per heavy atom. The Kier molecular flexibility index (Phi) is 10.0. The first kappa shape index (κ1) is 21.7. The predicted molar refractivity (Wildman–Crippen MR) is 92.3 cm³/mol. The molecule has 0 aliphatic rings. The third kappa shape index (κ3) is 6.85. The van der Waals surface area contributed by atoms with E-state index in [2.05, 4.69) is 4.98 Å². The lowest BCUT2D eigenvalue weighted by Gasteiger charge is -2.22. The van der Waals surface area contributed by atoms with Crippen molar-refractivity contribution in [1.29, 1.82) is 0 Å². The number of hydrogen-bond donors (Lipinski definition) is 0. The van der Waals surface area contributed by atoms with Gasteiger partial charge in [-0.25, -0.2) is 14.7 Å². The summed E-state index contributed by atoms with van der Waals surface area (Å²) in [5.74, 6) is -0.630. The average molecular weight is 369 g/mol. The molecule has 0 saturated carbocycles. The van der Waals surface area contributed by atoms with Gasteiger partial charge in [-0.2, -0.15) is 0 Å². The summed E-state index contributed by atoms with van der Waals surface area (Å²) in [6, 6.07) is 3.13. The van der Waals surface area contributed by atoms with Gasteiger partial charge in [0.15, 0.2) is 0 Å². The van der Waals surface area contributed by atoms with Crippen molar-refractivity contribution in [2.45, 2.75) is 52.4 Å². The first-order valence-corrected chi connectivity index (χ1v) is 8.62. The van der Waals surface area contributed by atoms with Crippen molar-refractivity contribution in [2.75, 3.05) is 14.2 Å². The van der Waals surface area contributed by atoms with Gasteiger partial charge in [-0.05, 0) is 35.4 Å². The molecule has 0 spiro atoms. The van der Waals surface area contributed by atoms with Gasteiger partial charge < -0.3 is 9.68 Å². The molecule has 1 aromatic rings. The Morgan fingerprint density at radius 1 is 0.962 bits per heavy atom. The van der Waals surface area contributed by atoms with Gasteiger partial charge >= 0.3 is 0 Å². The highest BCUT2D eigenvalue weighted by molar-refractivity contribution is 5.74. The van der Waals surface area contributed by atoms with Gasteiger partial charge in [-0.15, -0.1) is 0 Å². The maximum absolute atomic E-state index is 12.1. The Bertz CT molecular complexity index is 520. The molecule has 0 aliphatic carbocycles. The maximum atomic E-state index is 12.1. The molecule has 0 aliphatic heterocycles. The fraction of sp³-hybridized carbons (Fsp3) is 0.588. The predicted octanol–water partition coefficient (Wildman–Crippen LogP) is 2.83. The third-order valence-electron chi connectivity index (χ3n) is 3.31. The molecule has 9 heteroatoms. The van der Waals surface area contributed by atoms with Crippen LogP contribution in [0.4, 0.5) is 0 Å². The molecule has 0 fully saturated rings. The van der Waals surface area contributed by atoms with Crippen LogP contribution in [0.15, 0.2) is 18.3 Å². The first-order valence-electron chi connectivity index (χ1n) is 8.62. The molecule has 146 valence electrons. The molecule has 0 aromatic carbocycles. The van der Waals surface area contributed by atoms with Crippen LogP contribution in [0.3, 0.4) is 0 Å². The van der Waals surface area contributed by atoms with Gasteiger partial charge in [0.25, 0.3) is 17.7 Å². The maximum Gasteiger partial charge on any atom is 0.295 e. The van der Waals surface area contributed by atoms with Gasteiger partial charge in [0.1, 0.15) is 0 Å². The summed E-state index contributed by atoms with van der Waals surface area (Å²) in [5, 5.41) is 1.50. The minimum atomic E-state index is -0.353. The quantitative estimate of drug-likeness (QED) is 0.523. The molecular formula is C17H27N3O6. The second-order valence-corrected chi connectivity index (χ2v) is 5.36. The number of hydroxylamine groups is 4. The van der Waals surface area contributed by atoms with E-state index in [4.69, 9.17) is 19.4 Å². The van der Waals surface area contributed by atoms with Crippen LogP contribution in [-0.2, 0) is 19.3 Å². The number of hydrogen-bond acceptors (Lipinski definition) is 7. The van der Waals surface area contributed by atoms with E-state index in [1.165, 1.54) is 26.5 Å². The highest BCUT2D eigenvalue weighted by Crippen LogP contribution is 2.26. The van der Waals surface area contributed by atoms with E-state index >= 15 is 0 Å². The third-order valence-corrected chi connectivity index (χ3v) is 3.31. The molecular weight excluding hydrogens is 342 g/mol. The number of aromatic nitrogens is 1. The molecule has 0 radical (unpaired) electrons. The monoisotopic (exact) mass is 369 g/mol. The second kappa shape index (κ2) is 12.0. The largest absolute Gasteiger partial charge is 0.345 e. The molecule has 9 nitrogen and oxygen atoms in total. The van der Waals surface area contributed by atoms with E-state index < -0.39 is 0 Å². The minimum Gasteiger partial charge on any atom is -0.345 e. The number of rotatable bonds is 12. The van der Waals surface area contributed by atoms with Crippen LogP contribution in [-0.4, -0.2) is 41.5 Å². The summed E-state index contributed by atoms with van der Waals surface area (Å²) in [4.78, 5) is 48.9. The SMILES string of the molecule is CCCCC(=O)N(OC)Oc1cccnc1ON(OC)C(=O)CCCC. The van der Waals surface area contributed by atoms with Crippen LogP contribution in [0, 0.1) is 0 Å². The summed E-state index contributed by atoms with van der Waals surface area (Å²) >= 11 is 0. The van der Waals surface area contributed by atoms with Gasteiger partial charge in [0.2, 0.25) is 5.75 Å². The molecule has 1 aromatic heterocycles. The zero-order chi connectivity index (χ0) is 19.4. The van der Waals surface area contributed by atoms with E-state index in [0.717, 1.165) is 23.3 Å². The highest BCUT2D eigenvalue weighted by atomic mass is 17.0. The van der Waals surface area contributed by atoms with E-state index in [1.54, 1.807) is 6.07 Å². The zero-order valence-corrected chi connectivity index (χ0v) is 15.8. The summed E-state index contributed by atoms with van der Waals surface area (Å²) in [5.41, 5.74) is 0. The molecule has 0 atom stereocenters. The lowest BCUT2D eigenvalue weighted by Crippen LogP contribution is -2.35. The van der Waals surface area contributed by atoms with Crippen LogP contribution in [0.25, 0.3) is 0 Å². The number of carbonyl (C=O) groups is 2. The van der Waals surface area contributed by atoms with Crippen LogP contribution < -0.4 is 9.68 Å². The first-order chi connectivity index (χ1) is 12.6. The zero-order valence-electron chi connectivity index (χ0n) is 15.8. The van der Waals surface area contributed by atoms with E-state index in [1.807, 2.05) is 13.8 Å². The van der Waals surface area contributed by atoms with Gasteiger partial charge in [-0.1, -0.05) is 26.7 Å². The molecule has 2 amide bonds. The van der Waals surface area contributed by atoms with Crippen molar-refractivity contribution in [3.05, 3.63) is 18.3 Å². The number of carbonyl (C=O) groups excluding carboxylic acids is 2. The molecule has 0 unspecified atom stereocenters. The highest BCUT2D eigenvalue weighted by Gasteiger charge is 2.22. The smallest absolute Gasteiger partial charge is 0.295 e.